The number of anilines is 1. The first-order chi connectivity index (χ1) is 15.0. The highest BCUT2D eigenvalue weighted by molar-refractivity contribution is 5.94. The largest absolute Gasteiger partial charge is 0.457 e. The fourth-order valence-electron chi connectivity index (χ4n) is 3.13. The van der Waals surface area contributed by atoms with Crippen molar-refractivity contribution in [3.63, 3.8) is 0 Å². The zero-order valence-electron chi connectivity index (χ0n) is 17.9. The van der Waals surface area contributed by atoms with Crippen molar-refractivity contribution in [2.75, 3.05) is 5.32 Å². The normalized spacial score (nSPS) is 12.0. The molecule has 1 amide bonds. The molecule has 0 spiro atoms. The van der Waals surface area contributed by atoms with Gasteiger partial charge in [-0.2, -0.15) is 5.10 Å². The van der Waals surface area contributed by atoms with Gasteiger partial charge in [-0.1, -0.05) is 12.1 Å². The Hall–Kier alpha value is -3.82. The molecule has 3 aromatic rings. The second-order valence-electron chi connectivity index (χ2n) is 7.46. The number of ether oxygens (including phenoxy) is 1. The number of benzene rings is 2. The van der Waals surface area contributed by atoms with Gasteiger partial charge in [0.2, 0.25) is 5.91 Å². The van der Waals surface area contributed by atoms with Gasteiger partial charge in [0.15, 0.2) is 0 Å². The molecule has 0 saturated carbocycles. The van der Waals surface area contributed by atoms with Crippen molar-refractivity contribution in [2.45, 2.75) is 40.2 Å². The molecule has 32 heavy (non-hydrogen) atoms. The quantitative estimate of drug-likeness (QED) is 0.375. The van der Waals surface area contributed by atoms with E-state index in [1.807, 2.05) is 26.0 Å². The summed E-state index contributed by atoms with van der Waals surface area (Å²) in [7, 11) is 0. The summed E-state index contributed by atoms with van der Waals surface area (Å²) in [6.07, 6.45) is -2.76. The zero-order chi connectivity index (χ0) is 23.6. The highest BCUT2D eigenvalue weighted by atomic mass is 19.3. The van der Waals surface area contributed by atoms with Crippen LogP contribution in [0.15, 0.2) is 42.5 Å². The van der Waals surface area contributed by atoms with E-state index in [2.05, 4.69) is 10.4 Å². The number of amides is 1. The van der Waals surface area contributed by atoms with E-state index in [-0.39, 0.29) is 17.1 Å². The number of nitro benzene ring substituents is 1. The topological polar surface area (TPSA) is 99.3 Å². The third kappa shape index (κ3) is 5.08. The Morgan fingerprint density at radius 3 is 2.50 bits per heavy atom. The minimum atomic E-state index is -2.76. The molecular weight excluding hydrogens is 422 g/mol. The number of carbonyl (C=O) groups excluding carboxylic acids is 1. The molecular formula is C22H22F2N4O4. The Labute approximate surface area is 183 Å². The molecule has 0 fully saturated rings. The molecule has 1 atom stereocenters. The molecule has 1 heterocycles. The third-order valence-corrected chi connectivity index (χ3v) is 4.85. The standard InChI is InChI=1S/C22H22F2N4O4/c1-12-5-6-13(2)20(7-12)32-18-10-16(9-17(11-18)28(30)31)25-22(29)15(4)27-14(3)8-19(26-27)21(23)24/h5-11,15,21H,1-4H3,(H,25,29)/t15-/m1/s1. The Morgan fingerprint density at radius 2 is 1.88 bits per heavy atom. The van der Waals surface area contributed by atoms with Gasteiger partial charge in [-0.05, 0) is 51.0 Å². The molecule has 2 aromatic carbocycles. The van der Waals surface area contributed by atoms with Crippen LogP contribution in [0, 0.1) is 30.9 Å². The maximum atomic E-state index is 12.9. The highest BCUT2D eigenvalue weighted by Gasteiger charge is 2.22. The maximum Gasteiger partial charge on any atom is 0.282 e. The number of carbonyl (C=O) groups is 1. The number of alkyl halides is 2. The van der Waals surface area contributed by atoms with E-state index < -0.39 is 29.0 Å². The Bertz CT molecular complexity index is 1180. The molecule has 1 N–H and O–H groups in total. The summed E-state index contributed by atoms with van der Waals surface area (Å²) in [4.78, 5) is 23.5. The number of aromatic nitrogens is 2. The summed E-state index contributed by atoms with van der Waals surface area (Å²) >= 11 is 0. The summed E-state index contributed by atoms with van der Waals surface area (Å²) in [6, 6.07) is 9.78. The number of rotatable bonds is 7. The van der Waals surface area contributed by atoms with Crippen LogP contribution in [0.1, 0.15) is 41.9 Å². The van der Waals surface area contributed by atoms with Crippen molar-refractivity contribution in [3.8, 4) is 11.5 Å². The minimum Gasteiger partial charge on any atom is -0.457 e. The van der Waals surface area contributed by atoms with E-state index in [1.165, 1.54) is 35.9 Å². The van der Waals surface area contributed by atoms with E-state index in [4.69, 9.17) is 4.74 Å². The van der Waals surface area contributed by atoms with Crippen LogP contribution in [-0.2, 0) is 4.79 Å². The molecule has 3 rings (SSSR count). The van der Waals surface area contributed by atoms with Gasteiger partial charge in [-0.3, -0.25) is 19.6 Å². The van der Waals surface area contributed by atoms with Gasteiger partial charge in [0.1, 0.15) is 23.2 Å². The molecule has 0 radical (unpaired) electrons. The van der Waals surface area contributed by atoms with Crippen molar-refractivity contribution in [2.24, 2.45) is 0 Å². The van der Waals surface area contributed by atoms with Crippen molar-refractivity contribution in [1.82, 2.24) is 9.78 Å². The molecule has 1 aromatic heterocycles. The monoisotopic (exact) mass is 444 g/mol. The van der Waals surface area contributed by atoms with E-state index in [0.717, 1.165) is 11.1 Å². The lowest BCUT2D eigenvalue weighted by Crippen LogP contribution is -2.25. The molecule has 0 unspecified atom stereocenters. The number of nitro groups is 1. The lowest BCUT2D eigenvalue weighted by atomic mass is 10.1. The average Bonchev–Trinajstić information content (AvgIpc) is 3.12. The number of hydrogen-bond acceptors (Lipinski definition) is 5. The molecule has 0 aliphatic carbocycles. The van der Waals surface area contributed by atoms with Gasteiger partial charge in [0.05, 0.1) is 16.7 Å². The van der Waals surface area contributed by atoms with Gasteiger partial charge in [-0.15, -0.1) is 0 Å². The van der Waals surface area contributed by atoms with Gasteiger partial charge in [0.25, 0.3) is 12.1 Å². The van der Waals surface area contributed by atoms with Crippen molar-refractivity contribution in [3.05, 3.63) is 75.1 Å². The van der Waals surface area contributed by atoms with E-state index in [9.17, 15) is 23.7 Å². The lowest BCUT2D eigenvalue weighted by Gasteiger charge is -2.15. The first kappa shape index (κ1) is 22.9. The summed E-state index contributed by atoms with van der Waals surface area (Å²) in [6.45, 7) is 6.79. The summed E-state index contributed by atoms with van der Waals surface area (Å²) < 4.78 is 32.9. The van der Waals surface area contributed by atoms with Crippen molar-refractivity contribution >= 4 is 17.3 Å². The second-order valence-corrected chi connectivity index (χ2v) is 7.46. The Kier molecular flexibility index (Phi) is 6.52. The lowest BCUT2D eigenvalue weighted by molar-refractivity contribution is -0.384. The van der Waals surface area contributed by atoms with E-state index in [1.54, 1.807) is 13.0 Å². The first-order valence-corrected chi connectivity index (χ1v) is 9.75. The van der Waals surface area contributed by atoms with Gasteiger partial charge in [0, 0.05) is 17.8 Å². The minimum absolute atomic E-state index is 0.134. The third-order valence-electron chi connectivity index (χ3n) is 4.85. The van der Waals surface area contributed by atoms with Crippen LogP contribution >= 0.6 is 0 Å². The van der Waals surface area contributed by atoms with Crippen LogP contribution < -0.4 is 10.1 Å². The number of non-ortho nitro benzene ring substituents is 1. The molecule has 0 aliphatic rings. The molecule has 10 heteroatoms. The smallest absolute Gasteiger partial charge is 0.282 e. The summed E-state index contributed by atoms with van der Waals surface area (Å²) in [5.74, 6) is 0.129. The molecule has 0 saturated heterocycles. The van der Waals surface area contributed by atoms with Crippen LogP contribution in [0.2, 0.25) is 0 Å². The summed E-state index contributed by atoms with van der Waals surface area (Å²) in [5.41, 5.74) is 1.62. The highest BCUT2D eigenvalue weighted by Crippen LogP contribution is 2.32. The Balaban J connectivity index is 1.87. The number of nitrogens with zero attached hydrogens (tertiary/aromatic N) is 3. The number of hydrogen-bond donors (Lipinski definition) is 1. The zero-order valence-corrected chi connectivity index (χ0v) is 17.9. The molecule has 8 nitrogen and oxygen atoms in total. The van der Waals surface area contributed by atoms with Crippen molar-refractivity contribution < 1.29 is 23.2 Å². The van der Waals surface area contributed by atoms with Crippen LogP contribution in [-0.4, -0.2) is 20.6 Å². The number of aryl methyl sites for hydroxylation is 3. The van der Waals surface area contributed by atoms with E-state index >= 15 is 0 Å². The predicted molar refractivity (Wildman–Crippen MR) is 114 cm³/mol. The second kappa shape index (κ2) is 9.13. The molecule has 0 bridgehead atoms. The van der Waals surface area contributed by atoms with Gasteiger partial charge in [-0.25, -0.2) is 8.78 Å². The van der Waals surface area contributed by atoms with E-state index in [0.29, 0.717) is 11.4 Å². The van der Waals surface area contributed by atoms with Crippen LogP contribution in [0.5, 0.6) is 11.5 Å². The fourth-order valence-corrected chi connectivity index (χ4v) is 3.13. The first-order valence-electron chi connectivity index (χ1n) is 9.75. The Morgan fingerprint density at radius 1 is 1.16 bits per heavy atom. The van der Waals surface area contributed by atoms with Crippen LogP contribution in [0.3, 0.4) is 0 Å². The average molecular weight is 444 g/mol. The van der Waals surface area contributed by atoms with Gasteiger partial charge >= 0.3 is 0 Å². The van der Waals surface area contributed by atoms with Gasteiger partial charge < -0.3 is 10.1 Å². The van der Waals surface area contributed by atoms with Crippen molar-refractivity contribution in [1.29, 1.82) is 0 Å². The predicted octanol–water partition coefficient (Wildman–Crippen LogP) is 5.65. The fraction of sp³-hybridized carbons (Fsp3) is 0.273. The number of nitrogens with one attached hydrogen (secondary N) is 1. The SMILES string of the molecule is Cc1ccc(C)c(Oc2cc(NC(=O)[C@@H](C)n3nc(C(F)F)cc3C)cc([N+](=O)[O-])c2)c1. The summed E-state index contributed by atoms with van der Waals surface area (Å²) in [5, 5.41) is 17.7. The number of halogens is 2. The maximum absolute atomic E-state index is 12.9. The molecule has 168 valence electrons. The molecule has 0 aliphatic heterocycles. The van der Waals surface area contributed by atoms with Crippen LogP contribution in [0.25, 0.3) is 0 Å². The van der Waals surface area contributed by atoms with Crippen LogP contribution in [0.4, 0.5) is 20.2 Å².